The van der Waals surface area contributed by atoms with Crippen molar-refractivity contribution in [1.29, 1.82) is 0 Å². The highest BCUT2D eigenvalue weighted by molar-refractivity contribution is 7.92. The Morgan fingerprint density at radius 1 is 1.00 bits per heavy atom. The Morgan fingerprint density at radius 2 is 1.75 bits per heavy atom. The predicted molar refractivity (Wildman–Crippen MR) is 123 cm³/mol. The zero-order chi connectivity index (χ0) is 22.9. The summed E-state index contributed by atoms with van der Waals surface area (Å²) in [5.74, 6) is 0.784. The molecule has 7 nitrogen and oxygen atoms in total. The molecule has 1 aliphatic rings. The van der Waals surface area contributed by atoms with Crippen LogP contribution in [-0.2, 0) is 16.4 Å². The molecule has 0 saturated heterocycles. The second kappa shape index (κ2) is 8.55. The van der Waals surface area contributed by atoms with Crippen LogP contribution >= 0.6 is 0 Å². The van der Waals surface area contributed by atoms with Crippen LogP contribution in [0.15, 0.2) is 71.6 Å². The maximum absolute atomic E-state index is 13.2. The van der Waals surface area contributed by atoms with Crippen molar-refractivity contribution in [3.05, 3.63) is 77.9 Å². The van der Waals surface area contributed by atoms with Crippen LogP contribution in [-0.4, -0.2) is 34.6 Å². The van der Waals surface area contributed by atoms with Gasteiger partial charge >= 0.3 is 0 Å². The first-order valence-electron chi connectivity index (χ1n) is 10.1. The molecule has 0 saturated carbocycles. The molecule has 4 rings (SSSR count). The van der Waals surface area contributed by atoms with Crippen LogP contribution in [0.25, 0.3) is 0 Å². The van der Waals surface area contributed by atoms with E-state index in [1.165, 1.54) is 11.4 Å². The smallest absolute Gasteiger partial charge is 0.264 e. The van der Waals surface area contributed by atoms with Gasteiger partial charge in [-0.25, -0.2) is 8.42 Å². The maximum Gasteiger partial charge on any atom is 0.264 e. The SMILES string of the molecule is COc1ccc(NC(=O)c2ccc3c(c2)C[C@H](C)N3S(=O)(=O)c2ccccc2)c(OC)c1. The molecule has 32 heavy (non-hydrogen) atoms. The van der Waals surface area contributed by atoms with Gasteiger partial charge in [-0.3, -0.25) is 9.10 Å². The number of methoxy groups -OCH3 is 2. The fraction of sp³-hybridized carbons (Fsp3) is 0.208. The molecule has 0 aromatic heterocycles. The molecular formula is C24H24N2O5S. The third kappa shape index (κ3) is 3.89. The standard InChI is InChI=1S/C24H24N2O5S/c1-16-13-18-14-17(24(27)25-21-11-10-19(30-2)15-23(21)31-3)9-12-22(18)26(16)32(28,29)20-7-5-4-6-8-20/h4-12,14-16H,13H2,1-3H3,(H,25,27)/t16-/m0/s1. The van der Waals surface area contributed by atoms with Gasteiger partial charge in [-0.2, -0.15) is 0 Å². The highest BCUT2D eigenvalue weighted by atomic mass is 32.2. The second-order valence-corrected chi connectivity index (χ2v) is 9.35. The minimum Gasteiger partial charge on any atom is -0.497 e. The molecule has 166 valence electrons. The van der Waals surface area contributed by atoms with Gasteiger partial charge in [0.2, 0.25) is 0 Å². The fourth-order valence-corrected chi connectivity index (χ4v) is 5.63. The van der Waals surface area contributed by atoms with E-state index >= 15 is 0 Å². The van der Waals surface area contributed by atoms with Crippen LogP contribution in [0.5, 0.6) is 11.5 Å². The number of amides is 1. The average molecular weight is 453 g/mol. The molecule has 1 heterocycles. The topological polar surface area (TPSA) is 84.9 Å². The first kappa shape index (κ1) is 21.7. The number of anilines is 2. The van der Waals surface area contributed by atoms with E-state index in [0.717, 1.165) is 5.56 Å². The lowest BCUT2D eigenvalue weighted by Gasteiger charge is -2.24. The minimum atomic E-state index is -3.69. The Morgan fingerprint density at radius 3 is 2.44 bits per heavy atom. The number of hydrogen-bond acceptors (Lipinski definition) is 5. The number of hydrogen-bond donors (Lipinski definition) is 1. The van der Waals surface area contributed by atoms with Crippen LogP contribution < -0.4 is 19.1 Å². The van der Waals surface area contributed by atoms with E-state index in [1.807, 2.05) is 6.92 Å². The number of ether oxygens (including phenoxy) is 2. The van der Waals surface area contributed by atoms with E-state index in [-0.39, 0.29) is 16.8 Å². The summed E-state index contributed by atoms with van der Waals surface area (Å²) >= 11 is 0. The van der Waals surface area contributed by atoms with Crippen LogP contribution in [0.2, 0.25) is 0 Å². The summed E-state index contributed by atoms with van der Waals surface area (Å²) in [5, 5.41) is 2.85. The van der Waals surface area contributed by atoms with Crippen LogP contribution in [0.4, 0.5) is 11.4 Å². The third-order valence-corrected chi connectivity index (χ3v) is 7.39. The molecule has 0 spiro atoms. The highest BCUT2D eigenvalue weighted by Crippen LogP contribution is 2.37. The number of rotatable bonds is 6. The van der Waals surface area contributed by atoms with Crippen molar-refractivity contribution in [1.82, 2.24) is 0 Å². The number of benzene rings is 3. The lowest BCUT2D eigenvalue weighted by Crippen LogP contribution is -2.35. The van der Waals surface area contributed by atoms with E-state index in [9.17, 15) is 13.2 Å². The van der Waals surface area contributed by atoms with Crippen molar-refractivity contribution in [2.45, 2.75) is 24.3 Å². The highest BCUT2D eigenvalue weighted by Gasteiger charge is 2.36. The third-order valence-electron chi connectivity index (χ3n) is 5.45. The van der Waals surface area contributed by atoms with Crippen LogP contribution in [0.3, 0.4) is 0 Å². The maximum atomic E-state index is 13.2. The number of nitrogens with one attached hydrogen (secondary N) is 1. The Labute approximate surface area is 187 Å². The molecule has 3 aromatic rings. The minimum absolute atomic E-state index is 0.244. The van der Waals surface area contributed by atoms with E-state index in [4.69, 9.17) is 9.47 Å². The van der Waals surface area contributed by atoms with Gasteiger partial charge in [0.25, 0.3) is 15.9 Å². The number of nitrogens with zero attached hydrogens (tertiary/aromatic N) is 1. The fourth-order valence-electron chi connectivity index (χ4n) is 3.91. The lowest BCUT2D eigenvalue weighted by molar-refractivity contribution is 0.102. The molecule has 3 aromatic carbocycles. The molecule has 0 fully saturated rings. The Kier molecular flexibility index (Phi) is 5.80. The number of carbonyl (C=O) groups is 1. The first-order chi connectivity index (χ1) is 15.3. The van der Waals surface area contributed by atoms with Crippen LogP contribution in [0, 0.1) is 0 Å². The van der Waals surface area contributed by atoms with Gasteiger partial charge in [0.15, 0.2) is 0 Å². The van der Waals surface area contributed by atoms with E-state index < -0.39 is 10.0 Å². The number of fused-ring (bicyclic) bond motifs is 1. The number of sulfonamides is 1. The molecule has 0 radical (unpaired) electrons. The summed E-state index contributed by atoms with van der Waals surface area (Å²) in [6, 6.07) is 18.3. The van der Waals surface area contributed by atoms with Crippen molar-refractivity contribution in [3.8, 4) is 11.5 Å². The summed E-state index contributed by atoms with van der Waals surface area (Å²) < 4.78 is 38.4. The Balaban J connectivity index is 1.62. The van der Waals surface area contributed by atoms with Gasteiger partial charge < -0.3 is 14.8 Å². The molecule has 0 unspecified atom stereocenters. The average Bonchev–Trinajstić information content (AvgIpc) is 3.15. The molecule has 1 amide bonds. The molecule has 1 aliphatic heterocycles. The Bertz CT molecular complexity index is 1260. The predicted octanol–water partition coefficient (Wildman–Crippen LogP) is 4.10. The van der Waals surface area contributed by atoms with Crippen molar-refractivity contribution >= 4 is 27.3 Å². The molecular weight excluding hydrogens is 428 g/mol. The summed E-state index contributed by atoms with van der Waals surface area (Å²) in [6.07, 6.45) is 0.522. The summed E-state index contributed by atoms with van der Waals surface area (Å²) in [5.41, 5.74) is 2.36. The van der Waals surface area contributed by atoms with E-state index in [0.29, 0.717) is 34.9 Å². The lowest BCUT2D eigenvalue weighted by atomic mass is 10.1. The van der Waals surface area contributed by atoms with Gasteiger partial charge in [-0.15, -0.1) is 0 Å². The summed E-state index contributed by atoms with van der Waals surface area (Å²) in [4.78, 5) is 13.1. The van der Waals surface area contributed by atoms with Crippen molar-refractivity contribution in [2.75, 3.05) is 23.8 Å². The largest absolute Gasteiger partial charge is 0.497 e. The molecule has 1 N–H and O–H groups in total. The summed E-state index contributed by atoms with van der Waals surface area (Å²) in [7, 11) is -0.622. The van der Waals surface area contributed by atoms with Gasteiger partial charge in [0.05, 0.1) is 30.5 Å². The quantitative estimate of drug-likeness (QED) is 0.609. The second-order valence-electron chi connectivity index (χ2n) is 7.53. The van der Waals surface area contributed by atoms with Crippen molar-refractivity contribution < 1.29 is 22.7 Å². The molecule has 1 atom stereocenters. The molecule has 8 heteroatoms. The van der Waals surface area contributed by atoms with Crippen molar-refractivity contribution in [2.24, 2.45) is 0 Å². The van der Waals surface area contributed by atoms with E-state index in [2.05, 4.69) is 5.32 Å². The normalized spacial score (nSPS) is 15.2. The van der Waals surface area contributed by atoms with E-state index in [1.54, 1.807) is 73.8 Å². The van der Waals surface area contributed by atoms with Crippen molar-refractivity contribution in [3.63, 3.8) is 0 Å². The molecule has 0 bridgehead atoms. The van der Waals surface area contributed by atoms with Crippen LogP contribution in [0.1, 0.15) is 22.8 Å². The Hall–Kier alpha value is -3.52. The van der Waals surface area contributed by atoms with Gasteiger partial charge in [-0.05, 0) is 61.4 Å². The number of carbonyl (C=O) groups excluding carboxylic acids is 1. The summed E-state index contributed by atoms with van der Waals surface area (Å²) in [6.45, 7) is 1.86. The van der Waals surface area contributed by atoms with Gasteiger partial charge in [0, 0.05) is 17.7 Å². The monoisotopic (exact) mass is 452 g/mol. The zero-order valence-corrected chi connectivity index (χ0v) is 18.8. The zero-order valence-electron chi connectivity index (χ0n) is 18.0. The van der Waals surface area contributed by atoms with Gasteiger partial charge in [-0.1, -0.05) is 18.2 Å². The first-order valence-corrected chi connectivity index (χ1v) is 11.5. The van der Waals surface area contributed by atoms with Gasteiger partial charge in [0.1, 0.15) is 11.5 Å². The molecule has 0 aliphatic carbocycles.